The number of guanidine groups is 1. The highest BCUT2D eigenvalue weighted by atomic mass is 15.3. The van der Waals surface area contributed by atoms with Crippen LogP contribution in [-0.4, -0.2) is 40.8 Å². The molecule has 2 saturated carbocycles. The number of nitrogens with one attached hydrogen (secondary N) is 1. The molecule has 0 unspecified atom stereocenters. The molecular formula is C21H29N5. The number of aromatic nitrogens is 2. The lowest BCUT2D eigenvalue weighted by Gasteiger charge is -2.22. The van der Waals surface area contributed by atoms with E-state index in [9.17, 15) is 0 Å². The number of nitrogens with zero attached hydrogens (tertiary/aromatic N) is 4. The third-order valence-electron chi connectivity index (χ3n) is 5.65. The fourth-order valence-electron chi connectivity index (χ4n) is 3.77. The Morgan fingerprint density at radius 1 is 1.31 bits per heavy atom. The van der Waals surface area contributed by atoms with Crippen LogP contribution in [0.2, 0.25) is 0 Å². The summed E-state index contributed by atoms with van der Waals surface area (Å²) in [4.78, 5) is 7.18. The second kappa shape index (κ2) is 7.14. The van der Waals surface area contributed by atoms with Crippen LogP contribution in [0.5, 0.6) is 0 Å². The molecule has 0 aliphatic heterocycles. The molecule has 0 bridgehead atoms. The summed E-state index contributed by atoms with van der Waals surface area (Å²) in [5, 5.41) is 7.95. The third kappa shape index (κ3) is 3.76. The maximum Gasteiger partial charge on any atom is 0.193 e. The van der Waals surface area contributed by atoms with Gasteiger partial charge in [-0.2, -0.15) is 5.10 Å². The summed E-state index contributed by atoms with van der Waals surface area (Å²) in [5.74, 6) is 1.95. The molecule has 2 aromatic rings. The number of benzene rings is 1. The predicted octanol–water partition coefficient (Wildman–Crippen LogP) is 3.46. The van der Waals surface area contributed by atoms with E-state index in [2.05, 4.69) is 47.6 Å². The zero-order valence-electron chi connectivity index (χ0n) is 15.9. The minimum Gasteiger partial charge on any atom is -0.357 e. The smallest absolute Gasteiger partial charge is 0.193 e. The van der Waals surface area contributed by atoms with Crippen molar-refractivity contribution in [1.29, 1.82) is 0 Å². The Kier molecular flexibility index (Phi) is 4.70. The number of rotatable bonds is 7. The van der Waals surface area contributed by atoms with E-state index in [-0.39, 0.29) is 0 Å². The van der Waals surface area contributed by atoms with E-state index in [1.165, 1.54) is 31.2 Å². The fraction of sp³-hybridized carbons (Fsp3) is 0.524. The van der Waals surface area contributed by atoms with E-state index >= 15 is 0 Å². The van der Waals surface area contributed by atoms with Crippen molar-refractivity contribution >= 4 is 5.96 Å². The number of para-hydroxylation sites is 1. The monoisotopic (exact) mass is 351 g/mol. The maximum atomic E-state index is 4.97. The number of hydrogen-bond acceptors (Lipinski definition) is 2. The first kappa shape index (κ1) is 17.1. The van der Waals surface area contributed by atoms with Crippen LogP contribution in [-0.2, 0) is 6.54 Å². The number of aliphatic imine (C=N–C) groups is 1. The Morgan fingerprint density at radius 3 is 2.73 bits per heavy atom. The highest BCUT2D eigenvalue weighted by Crippen LogP contribution is 2.61. The lowest BCUT2D eigenvalue weighted by molar-refractivity contribution is 0.436. The minimum absolute atomic E-state index is 0.541. The average molecular weight is 351 g/mol. The lowest BCUT2D eigenvalue weighted by Crippen LogP contribution is -2.39. The van der Waals surface area contributed by atoms with Gasteiger partial charge in [-0.1, -0.05) is 18.2 Å². The molecule has 1 aromatic carbocycles. The Balaban J connectivity index is 1.41. The Bertz CT molecular complexity index is 756. The van der Waals surface area contributed by atoms with Gasteiger partial charge in [-0.05, 0) is 56.1 Å². The highest BCUT2D eigenvalue weighted by molar-refractivity contribution is 5.79. The third-order valence-corrected chi connectivity index (χ3v) is 5.65. The van der Waals surface area contributed by atoms with Crippen molar-refractivity contribution in [3.8, 4) is 5.69 Å². The highest BCUT2D eigenvalue weighted by Gasteiger charge is 2.53. The van der Waals surface area contributed by atoms with E-state index < -0.39 is 0 Å². The molecule has 1 N–H and O–H groups in total. The topological polar surface area (TPSA) is 45.5 Å². The van der Waals surface area contributed by atoms with E-state index in [0.717, 1.165) is 37.2 Å². The molecule has 1 heterocycles. The molecule has 0 radical (unpaired) electrons. The Morgan fingerprint density at radius 2 is 2.08 bits per heavy atom. The molecule has 2 fully saturated rings. The largest absolute Gasteiger partial charge is 0.357 e. The summed E-state index contributed by atoms with van der Waals surface area (Å²) in [6.07, 6.45) is 9.62. The first-order chi connectivity index (χ1) is 12.7. The van der Waals surface area contributed by atoms with Crippen LogP contribution < -0.4 is 5.32 Å². The quantitative estimate of drug-likeness (QED) is 0.614. The van der Waals surface area contributed by atoms with Crippen LogP contribution in [0.4, 0.5) is 0 Å². The predicted molar refractivity (Wildman–Crippen MR) is 105 cm³/mol. The van der Waals surface area contributed by atoms with E-state index in [4.69, 9.17) is 4.99 Å². The van der Waals surface area contributed by atoms with Gasteiger partial charge >= 0.3 is 0 Å². The van der Waals surface area contributed by atoms with Crippen LogP contribution in [0.25, 0.3) is 5.69 Å². The lowest BCUT2D eigenvalue weighted by atomic mass is 10.0. The van der Waals surface area contributed by atoms with Gasteiger partial charge in [0.2, 0.25) is 0 Å². The molecule has 138 valence electrons. The molecule has 2 aliphatic rings. The normalized spacial score (nSPS) is 18.6. The van der Waals surface area contributed by atoms with Gasteiger partial charge in [0.25, 0.3) is 0 Å². The standard InChI is InChI=1S/C21H29N5/c1-3-22-20(23-16-21(11-12-21)18-9-10-18)25(2)14-17-13-24-26(15-17)19-7-5-4-6-8-19/h4-8,13,15,18H,3,9-12,14,16H2,1-2H3,(H,22,23). The molecule has 2 aliphatic carbocycles. The van der Waals surface area contributed by atoms with E-state index in [0.29, 0.717) is 5.41 Å². The summed E-state index contributed by atoms with van der Waals surface area (Å²) >= 11 is 0. The first-order valence-electron chi connectivity index (χ1n) is 9.78. The molecule has 5 heteroatoms. The second-order valence-electron chi connectivity index (χ2n) is 7.79. The van der Waals surface area contributed by atoms with Gasteiger partial charge in [-0.3, -0.25) is 4.99 Å². The summed E-state index contributed by atoms with van der Waals surface area (Å²) in [5.41, 5.74) is 2.81. The van der Waals surface area contributed by atoms with E-state index in [1.54, 1.807) is 0 Å². The van der Waals surface area contributed by atoms with Gasteiger partial charge in [0.15, 0.2) is 5.96 Å². The molecular weight excluding hydrogens is 322 g/mol. The summed E-state index contributed by atoms with van der Waals surface area (Å²) in [6.45, 7) is 4.80. The zero-order chi connectivity index (χ0) is 18.0. The molecule has 1 aromatic heterocycles. The van der Waals surface area contributed by atoms with Crippen LogP contribution in [0.15, 0.2) is 47.7 Å². The van der Waals surface area contributed by atoms with Crippen molar-refractivity contribution in [2.24, 2.45) is 16.3 Å². The van der Waals surface area contributed by atoms with Crippen molar-refractivity contribution in [2.45, 2.75) is 39.2 Å². The van der Waals surface area contributed by atoms with Crippen molar-refractivity contribution in [3.63, 3.8) is 0 Å². The van der Waals surface area contributed by atoms with Crippen molar-refractivity contribution in [2.75, 3.05) is 20.1 Å². The van der Waals surface area contributed by atoms with E-state index in [1.807, 2.05) is 29.1 Å². The van der Waals surface area contributed by atoms with Gasteiger partial charge in [0.05, 0.1) is 11.9 Å². The molecule has 26 heavy (non-hydrogen) atoms. The van der Waals surface area contributed by atoms with Crippen molar-refractivity contribution in [3.05, 3.63) is 48.3 Å². The van der Waals surface area contributed by atoms with Gasteiger partial charge < -0.3 is 10.2 Å². The van der Waals surface area contributed by atoms with Gasteiger partial charge in [-0.15, -0.1) is 0 Å². The second-order valence-corrected chi connectivity index (χ2v) is 7.79. The van der Waals surface area contributed by atoms with Gasteiger partial charge in [0, 0.05) is 38.4 Å². The van der Waals surface area contributed by atoms with Crippen LogP contribution in [0, 0.1) is 11.3 Å². The first-order valence-corrected chi connectivity index (χ1v) is 9.78. The van der Waals surface area contributed by atoms with Crippen molar-refractivity contribution < 1.29 is 0 Å². The molecule has 5 nitrogen and oxygen atoms in total. The average Bonchev–Trinajstić information content (AvgIpc) is 3.57. The molecule has 0 amide bonds. The Hall–Kier alpha value is -2.30. The summed E-state index contributed by atoms with van der Waals surface area (Å²) in [6, 6.07) is 10.2. The molecule has 4 rings (SSSR count). The molecule has 0 saturated heterocycles. The van der Waals surface area contributed by atoms with Crippen LogP contribution in [0.3, 0.4) is 0 Å². The number of hydrogen-bond donors (Lipinski definition) is 1. The summed E-state index contributed by atoms with van der Waals surface area (Å²) in [7, 11) is 2.11. The van der Waals surface area contributed by atoms with Gasteiger partial charge in [-0.25, -0.2) is 4.68 Å². The molecule has 0 atom stereocenters. The minimum atomic E-state index is 0.541. The van der Waals surface area contributed by atoms with Crippen LogP contribution in [0.1, 0.15) is 38.2 Å². The van der Waals surface area contributed by atoms with Gasteiger partial charge in [0.1, 0.15) is 0 Å². The fourth-order valence-corrected chi connectivity index (χ4v) is 3.77. The van der Waals surface area contributed by atoms with Crippen LogP contribution >= 0.6 is 0 Å². The van der Waals surface area contributed by atoms with Crippen molar-refractivity contribution in [1.82, 2.24) is 20.0 Å². The summed E-state index contributed by atoms with van der Waals surface area (Å²) < 4.78 is 1.93. The SMILES string of the molecule is CCNC(=NCC1(C2CC2)CC1)N(C)Cc1cnn(-c2ccccc2)c1. The Labute approximate surface area is 156 Å². The maximum absolute atomic E-state index is 4.97. The molecule has 0 spiro atoms. The zero-order valence-corrected chi connectivity index (χ0v) is 15.9.